The fourth-order valence-corrected chi connectivity index (χ4v) is 4.64. The van der Waals surface area contributed by atoms with Crippen LogP contribution in [0.2, 0.25) is 0 Å². The molecule has 0 bridgehead atoms. The Kier molecular flexibility index (Phi) is 9.26. The molecule has 37 heavy (non-hydrogen) atoms. The van der Waals surface area contributed by atoms with Crippen LogP contribution in [0.5, 0.6) is 6.01 Å². The topological polar surface area (TPSA) is 121 Å². The average molecular weight is 512 g/mol. The molecule has 1 aromatic carbocycles. The Bertz CT molecular complexity index is 1190. The van der Waals surface area contributed by atoms with Gasteiger partial charge in [0, 0.05) is 45.8 Å². The second-order valence-corrected chi connectivity index (χ2v) is 9.23. The molecule has 0 aliphatic carbocycles. The van der Waals surface area contributed by atoms with Gasteiger partial charge in [-0.1, -0.05) is 24.3 Å². The number of aromatic nitrogens is 4. The van der Waals surface area contributed by atoms with Gasteiger partial charge in [0.1, 0.15) is 5.82 Å². The summed E-state index contributed by atoms with van der Waals surface area (Å²) in [4.78, 5) is 29.9. The van der Waals surface area contributed by atoms with E-state index in [1.165, 1.54) is 12.7 Å². The number of methoxy groups -OCH3 is 2. The molecule has 3 heterocycles. The average Bonchev–Trinajstić information content (AvgIpc) is 3.25. The molecule has 3 aromatic rings. The minimum atomic E-state index is -0.234. The van der Waals surface area contributed by atoms with Gasteiger partial charge in [-0.25, -0.2) is 9.97 Å². The molecule has 11 heteroatoms. The first-order valence-electron chi connectivity index (χ1n) is 12.7. The summed E-state index contributed by atoms with van der Waals surface area (Å²) in [6.07, 6.45) is 1.14. The van der Waals surface area contributed by atoms with Gasteiger partial charge in [-0.15, -0.1) is 0 Å². The van der Waals surface area contributed by atoms with Crippen LogP contribution in [0.15, 0.2) is 24.3 Å². The van der Waals surface area contributed by atoms with Crippen molar-refractivity contribution < 1.29 is 19.0 Å². The number of ether oxygens (including phenoxy) is 3. The molecule has 1 aliphatic rings. The van der Waals surface area contributed by atoms with Crippen molar-refractivity contribution in [3.63, 3.8) is 0 Å². The van der Waals surface area contributed by atoms with Gasteiger partial charge in [0.15, 0.2) is 17.0 Å². The van der Waals surface area contributed by atoms with E-state index in [1.807, 2.05) is 23.6 Å². The fourth-order valence-electron chi connectivity index (χ4n) is 4.64. The molecule has 0 amide bonds. The molecule has 200 valence electrons. The first-order chi connectivity index (χ1) is 18.0. The monoisotopic (exact) mass is 511 g/mol. The van der Waals surface area contributed by atoms with Crippen molar-refractivity contribution >= 4 is 23.0 Å². The van der Waals surface area contributed by atoms with Crippen LogP contribution >= 0.6 is 0 Å². The number of hydrogen-bond acceptors (Lipinski definition) is 10. The van der Waals surface area contributed by atoms with Crippen LogP contribution in [0, 0.1) is 6.92 Å². The highest BCUT2D eigenvalue weighted by molar-refractivity contribution is 5.82. The Morgan fingerprint density at radius 1 is 1.11 bits per heavy atom. The first-order valence-corrected chi connectivity index (χ1v) is 12.7. The first kappa shape index (κ1) is 26.8. The van der Waals surface area contributed by atoms with E-state index in [-0.39, 0.29) is 12.4 Å². The molecule has 2 aromatic heterocycles. The second-order valence-electron chi connectivity index (χ2n) is 9.23. The van der Waals surface area contributed by atoms with Crippen molar-refractivity contribution in [2.24, 2.45) is 0 Å². The molecule has 1 fully saturated rings. The van der Waals surface area contributed by atoms with Crippen molar-refractivity contribution in [1.82, 2.24) is 29.3 Å². The molecule has 1 aliphatic heterocycles. The third-order valence-electron chi connectivity index (χ3n) is 6.55. The largest absolute Gasteiger partial charge is 0.469 e. The molecular weight excluding hydrogens is 474 g/mol. The van der Waals surface area contributed by atoms with E-state index < -0.39 is 0 Å². The minimum Gasteiger partial charge on any atom is -0.469 e. The highest BCUT2D eigenvalue weighted by Gasteiger charge is 2.18. The van der Waals surface area contributed by atoms with Crippen LogP contribution in [0.4, 0.5) is 5.82 Å². The molecule has 4 rings (SSSR count). The number of nitrogens with zero attached hydrogens (tertiary/aromatic N) is 6. The fraction of sp³-hybridized carbons (Fsp3) is 0.538. The molecular formula is C26H37N7O4. The number of morpholine rings is 1. The minimum absolute atomic E-state index is 0.234. The van der Waals surface area contributed by atoms with Crippen LogP contribution in [-0.4, -0.2) is 95.4 Å². The number of rotatable bonds is 12. The zero-order chi connectivity index (χ0) is 26.2. The van der Waals surface area contributed by atoms with Crippen molar-refractivity contribution in [1.29, 1.82) is 0 Å². The van der Waals surface area contributed by atoms with E-state index in [9.17, 15) is 4.79 Å². The lowest BCUT2D eigenvalue weighted by molar-refractivity contribution is -0.139. The van der Waals surface area contributed by atoms with E-state index in [0.29, 0.717) is 35.4 Å². The van der Waals surface area contributed by atoms with E-state index in [4.69, 9.17) is 19.9 Å². The van der Waals surface area contributed by atoms with Crippen LogP contribution < -0.4 is 10.5 Å². The number of imidazole rings is 1. The third kappa shape index (κ3) is 7.15. The van der Waals surface area contributed by atoms with E-state index in [1.54, 1.807) is 7.11 Å². The van der Waals surface area contributed by atoms with Crippen LogP contribution in [0.1, 0.15) is 23.4 Å². The molecule has 2 N–H and O–H groups in total. The maximum Gasteiger partial charge on any atom is 0.309 e. The number of hydrogen-bond donors (Lipinski definition) is 1. The normalized spacial score (nSPS) is 14.4. The number of carbonyl (C=O) groups is 1. The van der Waals surface area contributed by atoms with Crippen molar-refractivity contribution in [3.8, 4) is 6.01 Å². The van der Waals surface area contributed by atoms with Gasteiger partial charge >= 0.3 is 5.97 Å². The van der Waals surface area contributed by atoms with Crippen LogP contribution in [0.25, 0.3) is 11.2 Å². The van der Waals surface area contributed by atoms with Gasteiger partial charge in [-0.2, -0.15) is 4.98 Å². The Balaban J connectivity index is 1.45. The smallest absolute Gasteiger partial charge is 0.309 e. The SMILES string of the molecule is COC(=O)Cc1cccc(CN(CCCn2c(OC)nc3c(N)nc(C)nc32)CCN2CCOCC2)c1. The van der Waals surface area contributed by atoms with Gasteiger partial charge in [0.05, 0.1) is 33.9 Å². The van der Waals surface area contributed by atoms with E-state index in [0.717, 1.165) is 64.5 Å². The number of benzene rings is 1. The summed E-state index contributed by atoms with van der Waals surface area (Å²) < 4.78 is 17.8. The number of nitrogens with two attached hydrogens (primary N) is 1. The quantitative estimate of drug-likeness (QED) is 0.359. The summed E-state index contributed by atoms with van der Waals surface area (Å²) in [5, 5.41) is 0. The standard InChI is InChI=1S/C26H37N7O4/c1-19-28-24(27)23-25(29-19)33(26(30-23)36-3)9-5-8-32(11-10-31-12-14-37-15-13-31)18-21-7-4-6-20(16-21)17-22(34)35-2/h4,6-7,16H,5,8-15,17-18H2,1-3H3,(H2,27,28,29). The zero-order valence-electron chi connectivity index (χ0n) is 22.0. The predicted octanol–water partition coefficient (Wildman–Crippen LogP) is 1.67. The number of carbonyl (C=O) groups excluding carboxylic acids is 1. The number of esters is 1. The summed E-state index contributed by atoms with van der Waals surface area (Å²) in [7, 11) is 3.02. The lowest BCUT2D eigenvalue weighted by Gasteiger charge is -2.30. The summed E-state index contributed by atoms with van der Waals surface area (Å²) in [6.45, 7) is 9.56. The molecule has 0 atom stereocenters. The highest BCUT2D eigenvalue weighted by Crippen LogP contribution is 2.24. The zero-order valence-corrected chi connectivity index (χ0v) is 22.0. The van der Waals surface area contributed by atoms with Crippen LogP contribution in [-0.2, 0) is 33.8 Å². The molecule has 0 unspecified atom stereocenters. The summed E-state index contributed by atoms with van der Waals surface area (Å²) in [5.41, 5.74) is 9.47. The Morgan fingerprint density at radius 2 is 1.89 bits per heavy atom. The van der Waals surface area contributed by atoms with E-state index in [2.05, 4.69) is 36.9 Å². The summed E-state index contributed by atoms with van der Waals surface area (Å²) in [5.74, 6) is 0.730. The maximum absolute atomic E-state index is 11.8. The van der Waals surface area contributed by atoms with Crippen LogP contribution in [0.3, 0.4) is 0 Å². The Labute approximate surface area is 217 Å². The number of anilines is 1. The third-order valence-corrected chi connectivity index (χ3v) is 6.55. The highest BCUT2D eigenvalue weighted by atomic mass is 16.5. The number of nitrogen functional groups attached to an aromatic ring is 1. The summed E-state index contributed by atoms with van der Waals surface area (Å²) in [6, 6.07) is 8.65. The molecule has 0 saturated carbocycles. The lowest BCUT2D eigenvalue weighted by atomic mass is 10.1. The summed E-state index contributed by atoms with van der Waals surface area (Å²) >= 11 is 0. The Hall–Kier alpha value is -3.28. The van der Waals surface area contributed by atoms with Gasteiger partial charge in [-0.3, -0.25) is 19.2 Å². The van der Waals surface area contributed by atoms with Crippen molar-refractivity contribution in [2.45, 2.75) is 32.9 Å². The molecule has 1 saturated heterocycles. The molecule has 11 nitrogen and oxygen atoms in total. The van der Waals surface area contributed by atoms with E-state index >= 15 is 0 Å². The van der Waals surface area contributed by atoms with Gasteiger partial charge < -0.3 is 19.9 Å². The van der Waals surface area contributed by atoms with Gasteiger partial charge in [0.25, 0.3) is 6.01 Å². The van der Waals surface area contributed by atoms with Gasteiger partial charge in [0.2, 0.25) is 0 Å². The maximum atomic E-state index is 11.8. The number of fused-ring (bicyclic) bond motifs is 1. The van der Waals surface area contributed by atoms with Crippen molar-refractivity contribution in [3.05, 3.63) is 41.2 Å². The predicted molar refractivity (Wildman–Crippen MR) is 140 cm³/mol. The van der Waals surface area contributed by atoms with Crippen molar-refractivity contribution in [2.75, 3.05) is 65.9 Å². The second kappa shape index (κ2) is 12.8. The molecule has 0 radical (unpaired) electrons. The van der Waals surface area contributed by atoms with Gasteiger partial charge in [-0.05, 0) is 24.5 Å². The Morgan fingerprint density at radius 3 is 2.65 bits per heavy atom. The lowest BCUT2D eigenvalue weighted by Crippen LogP contribution is -2.41. The molecule has 0 spiro atoms. The number of aryl methyl sites for hydroxylation is 2.